The standard InChI is InChI=1S/C34H43N7O7/c1-34(2,3)48-33(47)39-13-9-21(10-14-39)17-28(43)38-15-11-23(12-16-38)40-20-22(19-36-40)18-35-25-6-4-5-24-29(25)32(46)41(31(24)45)26-7-8-27(42)37-30(26)44/h4-6,19-21,23,26,35H,7-18H2,1-3H3,(H,37,42,44). The normalized spacial score (nSPS) is 21.0. The van der Waals surface area contributed by atoms with Gasteiger partial charge in [-0.2, -0.15) is 5.10 Å². The largest absolute Gasteiger partial charge is 0.444 e. The topological polar surface area (TPSA) is 163 Å². The van der Waals surface area contributed by atoms with E-state index >= 15 is 0 Å². The molecule has 14 heteroatoms. The van der Waals surface area contributed by atoms with Crippen molar-refractivity contribution in [3.05, 3.63) is 47.3 Å². The van der Waals surface area contributed by atoms with Crippen LogP contribution in [0.3, 0.4) is 0 Å². The summed E-state index contributed by atoms with van der Waals surface area (Å²) in [7, 11) is 0. The number of fused-ring (bicyclic) bond motifs is 1. The average Bonchev–Trinajstić information content (AvgIpc) is 3.62. The van der Waals surface area contributed by atoms with E-state index in [0.29, 0.717) is 44.8 Å². The zero-order chi connectivity index (χ0) is 34.2. The molecule has 1 atom stereocenters. The van der Waals surface area contributed by atoms with Gasteiger partial charge < -0.3 is 19.9 Å². The molecular formula is C34H43N7O7. The fourth-order valence-electron chi connectivity index (χ4n) is 6.93. The maximum Gasteiger partial charge on any atom is 0.410 e. The number of benzene rings is 1. The Morgan fingerprint density at radius 3 is 2.35 bits per heavy atom. The van der Waals surface area contributed by atoms with E-state index in [1.165, 1.54) is 0 Å². The summed E-state index contributed by atoms with van der Waals surface area (Å²) in [5.74, 6) is -1.75. The summed E-state index contributed by atoms with van der Waals surface area (Å²) in [6, 6.07) is 4.11. The molecular weight excluding hydrogens is 618 g/mol. The number of nitrogens with zero attached hydrogens (tertiary/aromatic N) is 5. The van der Waals surface area contributed by atoms with Crippen molar-refractivity contribution >= 4 is 41.3 Å². The summed E-state index contributed by atoms with van der Waals surface area (Å²) in [5, 5.41) is 10.1. The predicted molar refractivity (Wildman–Crippen MR) is 173 cm³/mol. The Morgan fingerprint density at radius 1 is 0.958 bits per heavy atom. The van der Waals surface area contributed by atoms with Crippen molar-refractivity contribution < 1.29 is 33.5 Å². The minimum atomic E-state index is -1.02. The van der Waals surface area contributed by atoms with E-state index in [9.17, 15) is 28.8 Å². The number of hydrogen-bond donors (Lipinski definition) is 2. The van der Waals surface area contributed by atoms with Crippen LogP contribution in [0.4, 0.5) is 10.5 Å². The SMILES string of the molecule is CC(C)(C)OC(=O)N1CCC(CC(=O)N2CCC(n3cc(CNc4cccc5c4C(=O)N(C4CCC(=O)NC4=O)C5=O)cn3)CC2)CC1. The molecule has 0 saturated carbocycles. The minimum absolute atomic E-state index is 0.0619. The van der Waals surface area contributed by atoms with Crippen molar-refractivity contribution in [1.29, 1.82) is 0 Å². The Bertz CT molecular complexity index is 1610. The molecule has 1 aromatic carbocycles. The lowest BCUT2D eigenvalue weighted by Gasteiger charge is -2.35. The monoisotopic (exact) mass is 661 g/mol. The Labute approximate surface area is 279 Å². The van der Waals surface area contributed by atoms with Crippen LogP contribution in [0.15, 0.2) is 30.6 Å². The number of rotatable bonds is 7. The van der Waals surface area contributed by atoms with Crippen molar-refractivity contribution in [2.45, 2.75) is 89.9 Å². The highest BCUT2D eigenvalue weighted by Gasteiger charge is 2.45. The third-order valence-electron chi connectivity index (χ3n) is 9.53. The summed E-state index contributed by atoms with van der Waals surface area (Å²) in [5.41, 5.74) is 1.28. The highest BCUT2D eigenvalue weighted by Crippen LogP contribution is 2.33. The van der Waals surface area contributed by atoms with E-state index in [1.807, 2.05) is 36.5 Å². The Kier molecular flexibility index (Phi) is 9.26. The lowest BCUT2D eigenvalue weighted by atomic mass is 9.92. The molecule has 256 valence electrons. The molecule has 1 unspecified atom stereocenters. The van der Waals surface area contributed by atoms with Gasteiger partial charge in [-0.05, 0) is 70.9 Å². The van der Waals surface area contributed by atoms with Crippen LogP contribution in [0.5, 0.6) is 0 Å². The Hall–Kier alpha value is -4.75. The van der Waals surface area contributed by atoms with Crippen LogP contribution in [0, 0.1) is 5.92 Å². The number of piperidine rings is 3. The molecule has 0 aliphatic carbocycles. The number of carbonyl (C=O) groups excluding carboxylic acids is 6. The van der Waals surface area contributed by atoms with E-state index in [0.717, 1.165) is 36.1 Å². The lowest BCUT2D eigenvalue weighted by Crippen LogP contribution is -2.54. The predicted octanol–water partition coefficient (Wildman–Crippen LogP) is 3.10. The van der Waals surface area contributed by atoms with Crippen molar-refractivity contribution in [3.63, 3.8) is 0 Å². The number of aromatic nitrogens is 2. The van der Waals surface area contributed by atoms with Gasteiger partial charge in [-0.1, -0.05) is 6.07 Å². The van der Waals surface area contributed by atoms with Gasteiger partial charge in [0.1, 0.15) is 11.6 Å². The first-order valence-electron chi connectivity index (χ1n) is 16.7. The van der Waals surface area contributed by atoms with Crippen LogP contribution in [0.25, 0.3) is 0 Å². The summed E-state index contributed by atoms with van der Waals surface area (Å²) in [6.45, 7) is 8.45. The van der Waals surface area contributed by atoms with Gasteiger partial charge in [0.15, 0.2) is 0 Å². The molecule has 0 radical (unpaired) electrons. The fraction of sp³-hybridized carbons (Fsp3) is 0.559. The van der Waals surface area contributed by atoms with Crippen molar-refractivity contribution in [1.82, 2.24) is 29.8 Å². The van der Waals surface area contributed by atoms with Crippen LogP contribution in [-0.4, -0.2) is 97.9 Å². The van der Waals surface area contributed by atoms with Crippen LogP contribution in [0.2, 0.25) is 0 Å². The van der Waals surface area contributed by atoms with E-state index in [2.05, 4.69) is 15.7 Å². The van der Waals surface area contributed by atoms with Gasteiger partial charge >= 0.3 is 6.09 Å². The molecule has 1 aromatic heterocycles. The van der Waals surface area contributed by atoms with Gasteiger partial charge in [0.25, 0.3) is 11.8 Å². The van der Waals surface area contributed by atoms with Gasteiger partial charge in [-0.3, -0.25) is 38.9 Å². The molecule has 3 fully saturated rings. The number of imide groups is 2. The maximum atomic E-state index is 13.4. The fourth-order valence-corrected chi connectivity index (χ4v) is 6.93. The zero-order valence-electron chi connectivity index (χ0n) is 27.7. The second-order valence-electron chi connectivity index (χ2n) is 14.1. The van der Waals surface area contributed by atoms with Crippen LogP contribution < -0.4 is 10.6 Å². The quantitative estimate of drug-likeness (QED) is 0.425. The summed E-state index contributed by atoms with van der Waals surface area (Å²) in [6.07, 6.45) is 7.24. The molecule has 0 spiro atoms. The number of anilines is 1. The number of amides is 6. The molecule has 5 heterocycles. The Balaban J connectivity index is 0.978. The van der Waals surface area contributed by atoms with Crippen molar-refractivity contribution in [3.8, 4) is 0 Å². The highest BCUT2D eigenvalue weighted by atomic mass is 16.6. The van der Waals surface area contributed by atoms with Gasteiger partial charge in [-0.25, -0.2) is 4.79 Å². The van der Waals surface area contributed by atoms with E-state index in [1.54, 1.807) is 29.3 Å². The smallest absolute Gasteiger partial charge is 0.410 e. The third-order valence-corrected chi connectivity index (χ3v) is 9.53. The van der Waals surface area contributed by atoms with E-state index < -0.39 is 35.3 Å². The number of ether oxygens (including phenoxy) is 1. The highest BCUT2D eigenvalue weighted by molar-refractivity contribution is 6.25. The van der Waals surface area contributed by atoms with Gasteiger partial charge in [-0.15, -0.1) is 0 Å². The molecule has 0 bridgehead atoms. The number of likely N-dealkylation sites (tertiary alicyclic amines) is 2. The van der Waals surface area contributed by atoms with Crippen molar-refractivity contribution in [2.75, 3.05) is 31.5 Å². The molecule has 6 amide bonds. The lowest BCUT2D eigenvalue weighted by molar-refractivity contribution is -0.136. The average molecular weight is 662 g/mol. The van der Waals surface area contributed by atoms with E-state index in [4.69, 9.17) is 4.74 Å². The Morgan fingerprint density at radius 2 is 1.67 bits per heavy atom. The molecule has 48 heavy (non-hydrogen) atoms. The van der Waals surface area contributed by atoms with Crippen LogP contribution >= 0.6 is 0 Å². The van der Waals surface area contributed by atoms with Gasteiger partial charge in [0, 0.05) is 63.0 Å². The zero-order valence-corrected chi connectivity index (χ0v) is 27.7. The number of nitrogens with one attached hydrogen (secondary N) is 2. The summed E-state index contributed by atoms with van der Waals surface area (Å²) >= 11 is 0. The first kappa shape index (κ1) is 33.2. The molecule has 6 rings (SSSR count). The first-order valence-corrected chi connectivity index (χ1v) is 16.7. The molecule has 4 aliphatic rings. The number of hydrogen-bond acceptors (Lipinski definition) is 9. The van der Waals surface area contributed by atoms with Gasteiger partial charge in [0.2, 0.25) is 17.7 Å². The molecule has 4 aliphatic heterocycles. The molecule has 2 N–H and O–H groups in total. The molecule has 14 nitrogen and oxygen atoms in total. The second-order valence-corrected chi connectivity index (χ2v) is 14.1. The summed E-state index contributed by atoms with van der Waals surface area (Å²) in [4.78, 5) is 80.6. The minimum Gasteiger partial charge on any atom is -0.444 e. The third kappa shape index (κ3) is 7.07. The van der Waals surface area contributed by atoms with Crippen LogP contribution in [-0.2, 0) is 25.7 Å². The van der Waals surface area contributed by atoms with Crippen molar-refractivity contribution in [2.24, 2.45) is 5.92 Å². The second kappa shape index (κ2) is 13.4. The molecule has 3 saturated heterocycles. The van der Waals surface area contributed by atoms with Gasteiger partial charge in [0.05, 0.1) is 23.4 Å². The van der Waals surface area contributed by atoms with E-state index in [-0.39, 0.29) is 47.9 Å². The summed E-state index contributed by atoms with van der Waals surface area (Å²) < 4.78 is 7.41. The maximum absolute atomic E-state index is 13.4. The molecule has 2 aromatic rings. The first-order chi connectivity index (χ1) is 22.9. The van der Waals surface area contributed by atoms with Crippen LogP contribution in [0.1, 0.15) is 98.0 Å². The number of carbonyl (C=O) groups is 6.